The van der Waals surface area contributed by atoms with Crippen molar-refractivity contribution in [3.8, 4) is 0 Å². The van der Waals surface area contributed by atoms with E-state index < -0.39 is 5.97 Å². The number of rotatable bonds is 15. The molecule has 0 aromatic heterocycles. The minimum absolute atomic E-state index is 0.0519. The summed E-state index contributed by atoms with van der Waals surface area (Å²) in [6.45, 7) is 6.08. The van der Waals surface area contributed by atoms with Gasteiger partial charge >= 0.3 is 0 Å². The Kier molecular flexibility index (Phi) is 19.7. The van der Waals surface area contributed by atoms with E-state index in [1.54, 1.807) is 21.3 Å². The smallest absolute Gasteiger partial charge is 0.102 e. The molecule has 8 nitrogen and oxygen atoms in total. The summed E-state index contributed by atoms with van der Waals surface area (Å²) < 4.78 is 25.8. The van der Waals surface area contributed by atoms with Gasteiger partial charge in [0.05, 0.1) is 60.3 Å². The number of likely N-dealkylation sites (N-methyl/N-ethyl adjacent to an activating group) is 1. The number of ether oxygens (including phenoxy) is 5. The molecule has 24 heavy (non-hydrogen) atoms. The van der Waals surface area contributed by atoms with Gasteiger partial charge in [-0.05, 0) is 0 Å². The van der Waals surface area contributed by atoms with Crippen molar-refractivity contribution in [2.45, 2.75) is 6.42 Å². The van der Waals surface area contributed by atoms with Crippen LogP contribution in [0.15, 0.2) is 0 Å². The second kappa shape index (κ2) is 18.6. The average Bonchev–Trinajstić information content (AvgIpc) is 2.53. The molecule has 0 N–H and O–H groups in total. The molecule has 0 rings (SSSR count). The van der Waals surface area contributed by atoms with Gasteiger partial charge < -0.3 is 38.1 Å². The van der Waals surface area contributed by atoms with E-state index in [9.17, 15) is 9.90 Å². The van der Waals surface area contributed by atoms with Crippen LogP contribution < -0.4 is 5.11 Å². The van der Waals surface area contributed by atoms with Crippen molar-refractivity contribution in [2.24, 2.45) is 0 Å². The van der Waals surface area contributed by atoms with E-state index in [1.165, 1.54) is 0 Å². The third-order valence-corrected chi connectivity index (χ3v) is 3.06. The van der Waals surface area contributed by atoms with Crippen molar-refractivity contribution in [3.63, 3.8) is 0 Å². The van der Waals surface area contributed by atoms with Crippen LogP contribution in [0.1, 0.15) is 6.42 Å². The summed E-state index contributed by atoms with van der Waals surface area (Å²) >= 11 is 0. The van der Waals surface area contributed by atoms with Gasteiger partial charge in [0.15, 0.2) is 0 Å². The maximum atomic E-state index is 9.81. The largest absolute Gasteiger partial charge is 0.550 e. The van der Waals surface area contributed by atoms with Gasteiger partial charge in [-0.3, -0.25) is 0 Å². The first kappa shape index (κ1) is 25.5. The Morgan fingerprint density at radius 2 is 1.21 bits per heavy atom. The van der Waals surface area contributed by atoms with E-state index in [0.29, 0.717) is 26.4 Å². The number of quaternary nitrogens is 1. The Morgan fingerprint density at radius 1 is 0.750 bits per heavy atom. The summed E-state index contributed by atoms with van der Waals surface area (Å²) in [7, 11) is 9.33. The highest BCUT2D eigenvalue weighted by Gasteiger charge is 2.13. The van der Waals surface area contributed by atoms with Crippen LogP contribution in [0.4, 0.5) is 0 Å². The lowest BCUT2D eigenvalue weighted by atomic mass is 10.4. The molecule has 0 spiro atoms. The van der Waals surface area contributed by atoms with Crippen LogP contribution in [-0.2, 0) is 28.5 Å². The molecule has 0 aliphatic carbocycles. The predicted molar refractivity (Wildman–Crippen MR) is 88.7 cm³/mol. The Morgan fingerprint density at radius 3 is 1.67 bits per heavy atom. The van der Waals surface area contributed by atoms with E-state index in [4.69, 9.17) is 18.9 Å². The van der Waals surface area contributed by atoms with Gasteiger partial charge in [0.1, 0.15) is 13.1 Å². The lowest BCUT2D eigenvalue weighted by Crippen LogP contribution is -2.44. The zero-order valence-electron chi connectivity index (χ0n) is 15.9. The van der Waals surface area contributed by atoms with Crippen LogP contribution in [0.25, 0.3) is 0 Å². The van der Waals surface area contributed by atoms with Gasteiger partial charge in [0.2, 0.25) is 0 Å². The average molecular weight is 353 g/mol. The third kappa shape index (κ3) is 23.5. The van der Waals surface area contributed by atoms with Gasteiger partial charge in [-0.1, -0.05) is 0 Å². The molecule has 0 atom stereocenters. The molecule has 0 unspecified atom stereocenters. The molecule has 0 saturated heterocycles. The fraction of sp³-hybridized carbons (Fsp3) is 0.938. The Hall–Kier alpha value is -0.770. The SMILES string of the molecule is COCCOCCC(=O)[O-].COCCOCC[N+](C)(C)CCOC. The molecule has 0 aromatic rings. The Bertz CT molecular complexity index is 275. The van der Waals surface area contributed by atoms with E-state index in [0.717, 1.165) is 30.8 Å². The Balaban J connectivity index is 0. The second-order valence-electron chi connectivity index (χ2n) is 5.71. The lowest BCUT2D eigenvalue weighted by molar-refractivity contribution is -0.891. The molecular formula is C16H35NO7. The second-order valence-corrected chi connectivity index (χ2v) is 5.71. The molecule has 146 valence electrons. The van der Waals surface area contributed by atoms with Crippen LogP contribution in [0.3, 0.4) is 0 Å². The molecule has 0 aliphatic rings. The van der Waals surface area contributed by atoms with Crippen LogP contribution in [0.5, 0.6) is 0 Å². The zero-order valence-corrected chi connectivity index (χ0v) is 15.9. The molecule has 0 aromatic carbocycles. The van der Waals surface area contributed by atoms with Gasteiger partial charge in [0, 0.05) is 33.7 Å². The summed E-state index contributed by atoms with van der Waals surface area (Å²) in [6.07, 6.45) is -0.0519. The predicted octanol–water partition coefficient (Wildman–Crippen LogP) is -0.838. The minimum Gasteiger partial charge on any atom is -0.550 e. The van der Waals surface area contributed by atoms with Crippen molar-refractivity contribution >= 4 is 5.97 Å². The van der Waals surface area contributed by atoms with Crippen molar-refractivity contribution in [3.05, 3.63) is 0 Å². The number of nitrogens with zero attached hydrogens (tertiary/aromatic N) is 1. The van der Waals surface area contributed by atoms with Crippen molar-refractivity contribution in [1.29, 1.82) is 0 Å². The summed E-state index contributed by atoms with van der Waals surface area (Å²) in [5.41, 5.74) is 0. The normalized spacial score (nSPS) is 11.0. The molecule has 8 heteroatoms. The number of hydrogen-bond acceptors (Lipinski definition) is 7. The quantitative estimate of drug-likeness (QED) is 0.280. The number of aliphatic carboxylic acids is 1. The molecule has 0 aliphatic heterocycles. The van der Waals surface area contributed by atoms with E-state index in [2.05, 4.69) is 18.8 Å². The number of methoxy groups -OCH3 is 3. The summed E-state index contributed by atoms with van der Waals surface area (Å²) in [5.74, 6) is -1.09. The molecule has 0 radical (unpaired) electrons. The zero-order chi connectivity index (χ0) is 18.7. The maximum absolute atomic E-state index is 9.81. The fourth-order valence-electron chi connectivity index (χ4n) is 1.41. The monoisotopic (exact) mass is 353 g/mol. The highest BCUT2D eigenvalue weighted by atomic mass is 16.5. The van der Waals surface area contributed by atoms with E-state index in [-0.39, 0.29) is 13.0 Å². The summed E-state index contributed by atoms with van der Waals surface area (Å²) in [5, 5.41) is 9.81. The fourth-order valence-corrected chi connectivity index (χ4v) is 1.41. The van der Waals surface area contributed by atoms with Crippen molar-refractivity contribution in [2.75, 3.05) is 94.8 Å². The summed E-state index contributed by atoms with van der Waals surface area (Å²) in [4.78, 5) is 9.81. The van der Waals surface area contributed by atoms with E-state index in [1.807, 2.05) is 0 Å². The highest BCUT2D eigenvalue weighted by Crippen LogP contribution is 1.96. The number of carboxylic acids is 1. The van der Waals surface area contributed by atoms with Crippen LogP contribution in [-0.4, -0.2) is 105 Å². The van der Waals surface area contributed by atoms with Crippen LogP contribution in [0.2, 0.25) is 0 Å². The molecule has 0 fully saturated rings. The first-order chi connectivity index (χ1) is 11.4. The van der Waals surface area contributed by atoms with Gasteiger partial charge in [-0.2, -0.15) is 0 Å². The Labute approximate surface area is 146 Å². The minimum atomic E-state index is -1.09. The molecule has 0 heterocycles. The van der Waals surface area contributed by atoms with Crippen LogP contribution >= 0.6 is 0 Å². The highest BCUT2D eigenvalue weighted by molar-refractivity contribution is 5.64. The van der Waals surface area contributed by atoms with Crippen molar-refractivity contribution < 1.29 is 38.1 Å². The standard InChI is InChI=1S/C10H24NO3.C6H12O4/c1-11(2,5-7-12-3)6-8-14-10-9-13-4;1-9-4-5-10-3-2-6(7)8/h5-10H2,1-4H3;2-5H2,1H3,(H,7,8)/q+1;/p-1. The van der Waals surface area contributed by atoms with E-state index >= 15 is 0 Å². The topological polar surface area (TPSA) is 86.3 Å². The summed E-state index contributed by atoms with van der Waals surface area (Å²) in [6, 6.07) is 0. The van der Waals surface area contributed by atoms with Crippen LogP contribution in [0, 0.1) is 0 Å². The number of carbonyl (C=O) groups excluding carboxylic acids is 1. The number of carboxylic acid groups (broad SMARTS) is 1. The third-order valence-electron chi connectivity index (χ3n) is 3.06. The number of carbonyl (C=O) groups is 1. The molecule has 0 amide bonds. The number of hydrogen-bond donors (Lipinski definition) is 0. The lowest BCUT2D eigenvalue weighted by Gasteiger charge is -2.29. The first-order valence-electron chi connectivity index (χ1n) is 8.03. The molecular weight excluding hydrogens is 318 g/mol. The van der Waals surface area contributed by atoms with Gasteiger partial charge in [0.25, 0.3) is 0 Å². The van der Waals surface area contributed by atoms with Gasteiger partial charge in [-0.15, -0.1) is 0 Å². The molecule has 0 saturated carbocycles. The molecule has 0 bridgehead atoms. The van der Waals surface area contributed by atoms with Crippen molar-refractivity contribution in [1.82, 2.24) is 0 Å². The maximum Gasteiger partial charge on any atom is 0.102 e. The van der Waals surface area contributed by atoms with Gasteiger partial charge in [-0.25, -0.2) is 0 Å². The first-order valence-corrected chi connectivity index (χ1v) is 8.03.